The number of alkyl halides is 3. The summed E-state index contributed by atoms with van der Waals surface area (Å²) in [7, 11) is 0. The highest BCUT2D eigenvalue weighted by atomic mass is 79.9. The second kappa shape index (κ2) is 7.31. The standard InChI is InChI=1S/C15H9BrClF4N5O/c16-8-6-26(5-7-9(17)2-1-3-10(7)18)25-13(8)22-14(27)11-4-12(24-23-11)15(19,20)21/h1-4,6H,5H2,(H,23,24)(H,22,25,27). The molecule has 2 N–H and O–H groups in total. The fraction of sp³-hybridized carbons (Fsp3) is 0.133. The van der Waals surface area contributed by atoms with Crippen LogP contribution >= 0.6 is 27.5 Å². The van der Waals surface area contributed by atoms with E-state index in [4.69, 9.17) is 11.6 Å². The number of benzene rings is 1. The number of aromatic amines is 1. The van der Waals surface area contributed by atoms with Crippen molar-refractivity contribution in [1.82, 2.24) is 20.0 Å². The van der Waals surface area contributed by atoms with Crippen LogP contribution in [-0.4, -0.2) is 25.9 Å². The lowest BCUT2D eigenvalue weighted by Crippen LogP contribution is -2.14. The van der Waals surface area contributed by atoms with E-state index in [1.165, 1.54) is 29.1 Å². The van der Waals surface area contributed by atoms with Crippen LogP contribution in [0.15, 0.2) is 34.9 Å². The quantitative estimate of drug-likeness (QED) is 0.557. The Morgan fingerprint density at radius 2 is 2.11 bits per heavy atom. The predicted octanol–water partition coefficient (Wildman–Crippen LogP) is 4.48. The van der Waals surface area contributed by atoms with Crippen molar-refractivity contribution >= 4 is 39.3 Å². The van der Waals surface area contributed by atoms with Crippen molar-refractivity contribution in [2.24, 2.45) is 0 Å². The number of rotatable bonds is 4. The highest BCUT2D eigenvalue weighted by Gasteiger charge is 2.34. The van der Waals surface area contributed by atoms with Gasteiger partial charge >= 0.3 is 6.18 Å². The van der Waals surface area contributed by atoms with Crippen LogP contribution in [0.2, 0.25) is 5.02 Å². The lowest BCUT2D eigenvalue weighted by Gasteiger charge is -2.05. The number of halogens is 6. The summed E-state index contributed by atoms with van der Waals surface area (Å²) in [5, 5.41) is 11.7. The Morgan fingerprint density at radius 3 is 2.74 bits per heavy atom. The molecule has 27 heavy (non-hydrogen) atoms. The number of amides is 1. The van der Waals surface area contributed by atoms with Gasteiger partial charge in [-0.25, -0.2) is 4.39 Å². The summed E-state index contributed by atoms with van der Waals surface area (Å²) < 4.78 is 53.2. The van der Waals surface area contributed by atoms with Gasteiger partial charge in [0.2, 0.25) is 0 Å². The summed E-state index contributed by atoms with van der Waals surface area (Å²) in [5.74, 6) is -1.38. The van der Waals surface area contributed by atoms with Gasteiger partial charge in [-0.1, -0.05) is 17.7 Å². The normalized spacial score (nSPS) is 11.6. The average molecular weight is 467 g/mol. The first kappa shape index (κ1) is 19.4. The van der Waals surface area contributed by atoms with Crippen LogP contribution in [0.4, 0.5) is 23.4 Å². The first-order valence-electron chi connectivity index (χ1n) is 7.25. The maximum atomic E-state index is 13.9. The average Bonchev–Trinajstić information content (AvgIpc) is 3.19. The molecule has 0 aliphatic carbocycles. The summed E-state index contributed by atoms with van der Waals surface area (Å²) in [6.07, 6.45) is -3.18. The molecule has 3 aromatic rings. The summed E-state index contributed by atoms with van der Waals surface area (Å²) >= 11 is 9.14. The van der Waals surface area contributed by atoms with E-state index in [9.17, 15) is 22.4 Å². The van der Waals surface area contributed by atoms with Crippen LogP contribution in [0.1, 0.15) is 21.7 Å². The van der Waals surface area contributed by atoms with Gasteiger partial charge in [0.25, 0.3) is 5.91 Å². The molecule has 0 fully saturated rings. The van der Waals surface area contributed by atoms with E-state index >= 15 is 0 Å². The summed E-state index contributed by atoms with van der Waals surface area (Å²) in [6, 6.07) is 4.82. The van der Waals surface area contributed by atoms with Gasteiger partial charge in [0.1, 0.15) is 11.5 Å². The third-order valence-corrected chi connectivity index (χ3v) is 4.38. The number of carbonyl (C=O) groups is 1. The minimum atomic E-state index is -4.65. The zero-order valence-electron chi connectivity index (χ0n) is 13.1. The monoisotopic (exact) mass is 465 g/mol. The highest BCUT2D eigenvalue weighted by Crippen LogP contribution is 2.28. The van der Waals surface area contributed by atoms with E-state index in [-0.39, 0.29) is 22.9 Å². The Labute approximate surface area is 162 Å². The van der Waals surface area contributed by atoms with Gasteiger partial charge in [0.05, 0.1) is 11.0 Å². The van der Waals surface area contributed by atoms with Crippen LogP contribution < -0.4 is 5.32 Å². The van der Waals surface area contributed by atoms with Crippen LogP contribution in [0.5, 0.6) is 0 Å². The molecule has 2 heterocycles. The molecule has 12 heteroatoms. The molecular weight excluding hydrogens is 458 g/mol. The molecule has 2 aromatic heterocycles. The van der Waals surface area contributed by atoms with Crippen LogP contribution in [0, 0.1) is 5.82 Å². The van der Waals surface area contributed by atoms with E-state index in [1.54, 1.807) is 5.10 Å². The number of aromatic nitrogens is 4. The van der Waals surface area contributed by atoms with Gasteiger partial charge in [-0.2, -0.15) is 23.4 Å². The van der Waals surface area contributed by atoms with Gasteiger partial charge in [-0.05, 0) is 28.1 Å². The molecule has 0 radical (unpaired) electrons. The van der Waals surface area contributed by atoms with Crippen molar-refractivity contribution < 1.29 is 22.4 Å². The molecule has 0 unspecified atom stereocenters. The number of nitrogens with zero attached hydrogens (tertiary/aromatic N) is 3. The molecule has 0 bridgehead atoms. The summed E-state index contributed by atoms with van der Waals surface area (Å²) in [5.41, 5.74) is -1.40. The zero-order chi connectivity index (χ0) is 19.8. The van der Waals surface area contributed by atoms with Gasteiger partial charge in [0, 0.05) is 22.8 Å². The molecule has 6 nitrogen and oxygen atoms in total. The first-order valence-corrected chi connectivity index (χ1v) is 8.42. The molecule has 3 rings (SSSR count). The van der Waals surface area contributed by atoms with E-state index in [1.807, 2.05) is 0 Å². The lowest BCUT2D eigenvalue weighted by atomic mass is 10.2. The van der Waals surface area contributed by atoms with Crippen molar-refractivity contribution in [2.75, 3.05) is 5.32 Å². The number of carbonyl (C=O) groups excluding carboxylic acids is 1. The highest BCUT2D eigenvalue weighted by molar-refractivity contribution is 9.10. The van der Waals surface area contributed by atoms with Gasteiger partial charge < -0.3 is 5.32 Å². The van der Waals surface area contributed by atoms with E-state index in [0.717, 1.165) is 0 Å². The van der Waals surface area contributed by atoms with Crippen molar-refractivity contribution in [2.45, 2.75) is 12.7 Å². The minimum absolute atomic E-state index is 0.0133. The molecule has 0 aliphatic rings. The van der Waals surface area contributed by atoms with Crippen molar-refractivity contribution in [3.63, 3.8) is 0 Å². The van der Waals surface area contributed by atoms with Gasteiger partial charge in [-0.3, -0.25) is 14.6 Å². The Balaban J connectivity index is 1.77. The van der Waals surface area contributed by atoms with Crippen molar-refractivity contribution in [3.8, 4) is 0 Å². The second-order valence-corrected chi connectivity index (χ2v) is 6.60. The Bertz CT molecular complexity index is 980. The Hall–Kier alpha value is -2.40. The van der Waals surface area contributed by atoms with Crippen LogP contribution in [0.3, 0.4) is 0 Å². The minimum Gasteiger partial charge on any atom is -0.303 e. The van der Waals surface area contributed by atoms with Crippen LogP contribution in [0.25, 0.3) is 0 Å². The smallest absolute Gasteiger partial charge is 0.303 e. The van der Waals surface area contributed by atoms with Gasteiger partial charge in [0.15, 0.2) is 11.5 Å². The van der Waals surface area contributed by atoms with Crippen LogP contribution in [-0.2, 0) is 12.7 Å². The van der Waals surface area contributed by atoms with E-state index in [2.05, 4.69) is 31.4 Å². The molecule has 0 saturated carbocycles. The third kappa shape index (κ3) is 4.30. The fourth-order valence-electron chi connectivity index (χ4n) is 2.16. The number of H-pyrrole nitrogens is 1. The molecular formula is C15H9BrClF4N5O. The number of nitrogens with one attached hydrogen (secondary N) is 2. The van der Waals surface area contributed by atoms with E-state index < -0.39 is 29.3 Å². The number of hydrogen-bond donors (Lipinski definition) is 2. The molecule has 0 aliphatic heterocycles. The largest absolute Gasteiger partial charge is 0.432 e. The third-order valence-electron chi connectivity index (χ3n) is 3.45. The Kier molecular flexibility index (Phi) is 5.24. The predicted molar refractivity (Wildman–Crippen MR) is 92.0 cm³/mol. The fourth-order valence-corrected chi connectivity index (χ4v) is 2.80. The number of hydrogen-bond acceptors (Lipinski definition) is 3. The molecule has 0 spiro atoms. The molecule has 1 amide bonds. The zero-order valence-corrected chi connectivity index (χ0v) is 15.5. The molecule has 1 aromatic carbocycles. The summed E-state index contributed by atoms with van der Waals surface area (Å²) in [6.45, 7) is -0.0133. The summed E-state index contributed by atoms with van der Waals surface area (Å²) in [4.78, 5) is 12.1. The molecule has 0 atom stereocenters. The first-order chi connectivity index (χ1) is 12.6. The lowest BCUT2D eigenvalue weighted by molar-refractivity contribution is -0.141. The van der Waals surface area contributed by atoms with Crippen molar-refractivity contribution in [1.29, 1.82) is 0 Å². The van der Waals surface area contributed by atoms with Gasteiger partial charge in [-0.15, -0.1) is 0 Å². The SMILES string of the molecule is O=C(Nc1nn(Cc2c(F)cccc2Cl)cc1Br)c1cc(C(F)(F)F)[nH]n1. The maximum Gasteiger partial charge on any atom is 0.432 e. The molecule has 142 valence electrons. The molecule has 0 saturated heterocycles. The van der Waals surface area contributed by atoms with Crippen molar-refractivity contribution in [3.05, 3.63) is 62.7 Å². The maximum absolute atomic E-state index is 13.9. The topological polar surface area (TPSA) is 75.6 Å². The second-order valence-electron chi connectivity index (χ2n) is 5.34. The Morgan fingerprint density at radius 1 is 1.37 bits per heavy atom. The van der Waals surface area contributed by atoms with E-state index in [0.29, 0.717) is 10.5 Å². The number of anilines is 1.